The van der Waals surface area contributed by atoms with E-state index in [1.54, 1.807) is 0 Å². The molecule has 0 bridgehead atoms. The summed E-state index contributed by atoms with van der Waals surface area (Å²) in [6, 6.07) is 0. The van der Waals surface area contributed by atoms with Crippen LogP contribution in [0, 0.1) is 0 Å². The minimum atomic E-state index is 1.12. The van der Waals surface area contributed by atoms with Gasteiger partial charge in [-0.1, -0.05) is 48.4 Å². The minimum absolute atomic E-state index is 1.12. The van der Waals surface area contributed by atoms with Gasteiger partial charge in [0.05, 0.1) is 0 Å². The molecule has 0 aromatic carbocycles. The van der Waals surface area contributed by atoms with E-state index in [1.165, 1.54) is 0 Å². The molecule has 0 rings (SSSR count). The van der Waals surface area contributed by atoms with Crippen molar-refractivity contribution in [3.63, 3.8) is 0 Å². The minimum Gasteiger partial charge on any atom is -0.0996 e. The SMILES string of the molecule is C=C/C([B]/C(C=C)=C/C)=C\C. The second-order valence-corrected chi connectivity index (χ2v) is 2.13. The standard InChI is InChI=1S/C10H14B/c1-5-9(6-2)11-10(7-3)8-4/h5-8H,1,3H2,2,4H3/b9-6+,10-8+. The summed E-state index contributed by atoms with van der Waals surface area (Å²) in [5.41, 5.74) is 2.25. The Bertz CT molecular complexity index is 175. The monoisotopic (exact) mass is 145 g/mol. The molecule has 1 heteroatoms. The predicted octanol–water partition coefficient (Wildman–Crippen LogP) is 2.87. The van der Waals surface area contributed by atoms with E-state index in [1.807, 2.05) is 45.4 Å². The van der Waals surface area contributed by atoms with E-state index in [9.17, 15) is 0 Å². The average Bonchev–Trinajstić information content (AvgIpc) is 2.07. The van der Waals surface area contributed by atoms with E-state index in [2.05, 4.69) is 13.2 Å². The molecule has 0 spiro atoms. The van der Waals surface area contributed by atoms with Crippen LogP contribution in [0.5, 0.6) is 0 Å². The highest BCUT2D eigenvalue weighted by Crippen LogP contribution is 2.01. The maximum absolute atomic E-state index is 3.69. The molecule has 0 amide bonds. The van der Waals surface area contributed by atoms with Gasteiger partial charge in [-0.15, -0.1) is 0 Å². The summed E-state index contributed by atoms with van der Waals surface area (Å²) >= 11 is 0. The highest BCUT2D eigenvalue weighted by Gasteiger charge is 1.95. The molecule has 0 aromatic rings. The van der Waals surface area contributed by atoms with Crippen LogP contribution < -0.4 is 0 Å². The van der Waals surface area contributed by atoms with Gasteiger partial charge < -0.3 is 0 Å². The van der Waals surface area contributed by atoms with E-state index in [0.717, 1.165) is 10.9 Å². The Hall–Kier alpha value is -0.975. The highest BCUT2D eigenvalue weighted by atomic mass is 13.8. The molecule has 0 atom stereocenters. The maximum atomic E-state index is 3.69. The molecule has 0 fully saturated rings. The summed E-state index contributed by atoms with van der Waals surface area (Å²) < 4.78 is 0. The summed E-state index contributed by atoms with van der Waals surface area (Å²) in [7, 11) is 2.04. The smallest absolute Gasteiger partial charge is 0.0996 e. The molecule has 0 nitrogen and oxygen atoms in total. The van der Waals surface area contributed by atoms with Crippen molar-refractivity contribution in [3.05, 3.63) is 48.4 Å². The molecule has 0 aromatic heterocycles. The summed E-state index contributed by atoms with van der Waals surface area (Å²) in [4.78, 5) is 0. The van der Waals surface area contributed by atoms with Crippen LogP contribution in [0.15, 0.2) is 48.4 Å². The fraction of sp³-hybridized carbons (Fsp3) is 0.200. The Balaban J connectivity index is 4.22. The molecular formula is C10H14B. The van der Waals surface area contributed by atoms with Gasteiger partial charge in [-0.3, -0.25) is 0 Å². The summed E-state index contributed by atoms with van der Waals surface area (Å²) in [6.45, 7) is 11.4. The third-order valence-electron chi connectivity index (χ3n) is 1.47. The first-order chi connectivity index (χ1) is 5.28. The van der Waals surface area contributed by atoms with Gasteiger partial charge in [-0.05, 0) is 13.8 Å². The van der Waals surface area contributed by atoms with E-state index >= 15 is 0 Å². The van der Waals surface area contributed by atoms with Crippen molar-refractivity contribution in [2.45, 2.75) is 13.8 Å². The number of hydrogen-bond acceptors (Lipinski definition) is 0. The third-order valence-corrected chi connectivity index (χ3v) is 1.47. The quantitative estimate of drug-likeness (QED) is 0.421. The van der Waals surface area contributed by atoms with Crippen LogP contribution in [0.4, 0.5) is 0 Å². The van der Waals surface area contributed by atoms with Crippen molar-refractivity contribution in [2.75, 3.05) is 0 Å². The average molecular weight is 145 g/mol. The summed E-state index contributed by atoms with van der Waals surface area (Å²) in [6.07, 6.45) is 7.68. The lowest BCUT2D eigenvalue weighted by Gasteiger charge is -1.98. The molecule has 0 saturated carbocycles. The molecule has 0 unspecified atom stereocenters. The number of hydrogen-bond donors (Lipinski definition) is 0. The third kappa shape index (κ3) is 3.66. The molecule has 0 N–H and O–H groups in total. The summed E-state index contributed by atoms with van der Waals surface area (Å²) in [5.74, 6) is 0. The van der Waals surface area contributed by atoms with Gasteiger partial charge in [0.25, 0.3) is 0 Å². The van der Waals surface area contributed by atoms with Gasteiger partial charge in [-0.25, -0.2) is 0 Å². The normalized spacial score (nSPS) is 12.5. The largest absolute Gasteiger partial charge is 0.190 e. The fourth-order valence-corrected chi connectivity index (χ4v) is 0.713. The molecule has 0 aliphatic heterocycles. The van der Waals surface area contributed by atoms with Crippen molar-refractivity contribution in [1.29, 1.82) is 0 Å². The molecule has 0 aliphatic rings. The highest BCUT2D eigenvalue weighted by molar-refractivity contribution is 6.55. The molecule has 11 heavy (non-hydrogen) atoms. The first-order valence-corrected chi connectivity index (χ1v) is 3.70. The molecule has 0 saturated heterocycles. The van der Waals surface area contributed by atoms with Gasteiger partial charge in [0, 0.05) is 0 Å². The van der Waals surface area contributed by atoms with Crippen molar-refractivity contribution in [1.82, 2.24) is 0 Å². The van der Waals surface area contributed by atoms with Crippen LogP contribution in [0.2, 0.25) is 0 Å². The zero-order valence-corrected chi connectivity index (χ0v) is 7.30. The molecule has 0 heterocycles. The van der Waals surface area contributed by atoms with E-state index in [-0.39, 0.29) is 0 Å². The molecule has 0 aliphatic carbocycles. The second-order valence-electron chi connectivity index (χ2n) is 2.13. The fourth-order valence-electron chi connectivity index (χ4n) is 0.713. The van der Waals surface area contributed by atoms with Gasteiger partial charge in [0.15, 0.2) is 7.28 Å². The maximum Gasteiger partial charge on any atom is 0.190 e. The molecule has 1 radical (unpaired) electrons. The topological polar surface area (TPSA) is 0 Å². The van der Waals surface area contributed by atoms with Gasteiger partial charge in [-0.2, -0.15) is 0 Å². The van der Waals surface area contributed by atoms with Crippen molar-refractivity contribution in [3.8, 4) is 0 Å². The van der Waals surface area contributed by atoms with Gasteiger partial charge in [0.2, 0.25) is 0 Å². The van der Waals surface area contributed by atoms with Crippen molar-refractivity contribution < 1.29 is 0 Å². The van der Waals surface area contributed by atoms with Gasteiger partial charge >= 0.3 is 0 Å². The van der Waals surface area contributed by atoms with E-state index in [4.69, 9.17) is 0 Å². The lowest BCUT2D eigenvalue weighted by Crippen LogP contribution is -1.95. The Morgan fingerprint density at radius 3 is 1.55 bits per heavy atom. The van der Waals surface area contributed by atoms with E-state index < -0.39 is 0 Å². The Morgan fingerprint density at radius 2 is 1.36 bits per heavy atom. The van der Waals surface area contributed by atoms with E-state index in [0.29, 0.717) is 0 Å². The van der Waals surface area contributed by atoms with Crippen LogP contribution in [-0.4, -0.2) is 7.28 Å². The first kappa shape index (κ1) is 10.0. The van der Waals surface area contributed by atoms with Crippen LogP contribution in [0.1, 0.15) is 13.8 Å². The molecular weight excluding hydrogens is 131 g/mol. The lowest BCUT2D eigenvalue weighted by atomic mass is 9.62. The number of allylic oxidation sites excluding steroid dienone is 6. The van der Waals surface area contributed by atoms with Crippen LogP contribution in [0.25, 0.3) is 0 Å². The summed E-state index contributed by atoms with van der Waals surface area (Å²) in [5, 5.41) is 0. The lowest BCUT2D eigenvalue weighted by molar-refractivity contribution is 1.66. The second kappa shape index (κ2) is 5.78. The first-order valence-electron chi connectivity index (χ1n) is 3.70. The van der Waals surface area contributed by atoms with Crippen LogP contribution in [0.3, 0.4) is 0 Å². The predicted molar refractivity (Wildman–Crippen MR) is 53.7 cm³/mol. The van der Waals surface area contributed by atoms with Crippen LogP contribution >= 0.6 is 0 Å². The Kier molecular flexibility index (Phi) is 5.27. The van der Waals surface area contributed by atoms with Crippen molar-refractivity contribution >= 4 is 7.28 Å². The zero-order valence-electron chi connectivity index (χ0n) is 7.30. The van der Waals surface area contributed by atoms with Crippen LogP contribution in [-0.2, 0) is 0 Å². The molecule has 57 valence electrons. The Labute approximate surface area is 70.3 Å². The zero-order chi connectivity index (χ0) is 8.69. The van der Waals surface area contributed by atoms with Gasteiger partial charge in [0.1, 0.15) is 0 Å². The number of rotatable bonds is 4. The van der Waals surface area contributed by atoms with Crippen molar-refractivity contribution in [2.24, 2.45) is 0 Å². The Morgan fingerprint density at radius 1 is 1.00 bits per heavy atom.